The number of rotatable bonds is 9. The molecular formula is C17H30O2. The van der Waals surface area contributed by atoms with Crippen LogP contribution in [0.25, 0.3) is 0 Å². The van der Waals surface area contributed by atoms with Crippen LogP contribution in [0.15, 0.2) is 23.3 Å². The van der Waals surface area contributed by atoms with Crippen molar-refractivity contribution in [1.82, 2.24) is 0 Å². The highest BCUT2D eigenvalue weighted by Crippen LogP contribution is 2.20. The van der Waals surface area contributed by atoms with E-state index in [1.165, 1.54) is 11.1 Å². The van der Waals surface area contributed by atoms with E-state index in [4.69, 9.17) is 5.11 Å². The molecule has 0 aliphatic heterocycles. The fraction of sp³-hybridized carbons (Fsp3) is 0.706. The predicted octanol–water partition coefficient (Wildman–Crippen LogP) is 5.21. The van der Waals surface area contributed by atoms with Gasteiger partial charge in [-0.1, -0.05) is 44.1 Å². The summed E-state index contributed by atoms with van der Waals surface area (Å²) >= 11 is 0. The first-order valence-corrected chi connectivity index (χ1v) is 7.37. The van der Waals surface area contributed by atoms with Crippen LogP contribution < -0.4 is 0 Å². The Kier molecular flexibility index (Phi) is 9.28. The first-order chi connectivity index (χ1) is 8.82. The molecular weight excluding hydrogens is 236 g/mol. The second kappa shape index (κ2) is 9.82. The van der Waals surface area contributed by atoms with Gasteiger partial charge in [-0.25, -0.2) is 0 Å². The number of aliphatic carboxylic acids is 1. The van der Waals surface area contributed by atoms with Crippen molar-refractivity contribution in [2.24, 2.45) is 11.8 Å². The smallest absolute Gasteiger partial charge is 0.303 e. The lowest BCUT2D eigenvalue weighted by Crippen LogP contribution is -2.00. The Balaban J connectivity index is 4.21. The largest absolute Gasteiger partial charge is 0.481 e. The van der Waals surface area contributed by atoms with Crippen LogP contribution in [0.5, 0.6) is 0 Å². The van der Waals surface area contributed by atoms with Crippen molar-refractivity contribution in [2.45, 2.75) is 66.7 Å². The SMILES string of the molecule is CC(C)=CCC(=CCC(C)CCCC(=O)O)C(C)C. The molecule has 2 heteroatoms. The van der Waals surface area contributed by atoms with E-state index in [0.717, 1.165) is 25.7 Å². The summed E-state index contributed by atoms with van der Waals surface area (Å²) in [5.41, 5.74) is 2.85. The fourth-order valence-electron chi connectivity index (χ4n) is 1.95. The predicted molar refractivity (Wildman–Crippen MR) is 82.2 cm³/mol. The van der Waals surface area contributed by atoms with Crippen LogP contribution >= 0.6 is 0 Å². The topological polar surface area (TPSA) is 37.3 Å². The Labute approximate surface area is 118 Å². The van der Waals surface area contributed by atoms with E-state index in [1.54, 1.807) is 0 Å². The molecule has 19 heavy (non-hydrogen) atoms. The van der Waals surface area contributed by atoms with Gasteiger partial charge >= 0.3 is 5.97 Å². The summed E-state index contributed by atoms with van der Waals surface area (Å²) < 4.78 is 0. The summed E-state index contributed by atoms with van der Waals surface area (Å²) in [6.45, 7) is 10.9. The molecule has 0 radical (unpaired) electrons. The minimum absolute atomic E-state index is 0.295. The van der Waals surface area contributed by atoms with Crippen molar-refractivity contribution in [3.8, 4) is 0 Å². The van der Waals surface area contributed by atoms with Crippen molar-refractivity contribution in [2.75, 3.05) is 0 Å². The van der Waals surface area contributed by atoms with Crippen LogP contribution in [0.1, 0.15) is 66.7 Å². The van der Waals surface area contributed by atoms with Crippen LogP contribution in [-0.4, -0.2) is 11.1 Å². The zero-order valence-corrected chi connectivity index (χ0v) is 13.2. The van der Waals surface area contributed by atoms with E-state index >= 15 is 0 Å². The monoisotopic (exact) mass is 266 g/mol. The molecule has 1 N–H and O–H groups in total. The van der Waals surface area contributed by atoms with Gasteiger partial charge in [0.05, 0.1) is 0 Å². The lowest BCUT2D eigenvalue weighted by atomic mass is 9.93. The summed E-state index contributed by atoms with van der Waals surface area (Å²) in [6.07, 6.45) is 8.82. The maximum Gasteiger partial charge on any atom is 0.303 e. The summed E-state index contributed by atoms with van der Waals surface area (Å²) in [7, 11) is 0. The van der Waals surface area contributed by atoms with E-state index in [1.807, 2.05) is 0 Å². The number of allylic oxidation sites excluding steroid dienone is 4. The molecule has 0 aliphatic rings. The van der Waals surface area contributed by atoms with Crippen LogP contribution in [0.4, 0.5) is 0 Å². The molecule has 0 aromatic heterocycles. The molecule has 1 atom stereocenters. The average molecular weight is 266 g/mol. The molecule has 0 bridgehead atoms. The van der Waals surface area contributed by atoms with Gasteiger partial charge in [0, 0.05) is 6.42 Å². The maximum atomic E-state index is 10.5. The van der Waals surface area contributed by atoms with Gasteiger partial charge in [0.2, 0.25) is 0 Å². The Morgan fingerprint density at radius 1 is 1.16 bits per heavy atom. The molecule has 0 saturated heterocycles. The number of hydrogen-bond donors (Lipinski definition) is 1. The van der Waals surface area contributed by atoms with Gasteiger partial charge in [0.25, 0.3) is 0 Å². The van der Waals surface area contributed by atoms with Crippen LogP contribution in [0, 0.1) is 11.8 Å². The van der Waals surface area contributed by atoms with E-state index in [-0.39, 0.29) is 0 Å². The van der Waals surface area contributed by atoms with Crippen LogP contribution in [0.3, 0.4) is 0 Å². The van der Waals surface area contributed by atoms with Gasteiger partial charge in [-0.2, -0.15) is 0 Å². The van der Waals surface area contributed by atoms with Crippen LogP contribution in [0.2, 0.25) is 0 Å². The normalized spacial score (nSPS) is 13.5. The minimum atomic E-state index is -0.686. The van der Waals surface area contributed by atoms with Crippen molar-refractivity contribution in [1.29, 1.82) is 0 Å². The molecule has 2 nitrogen and oxygen atoms in total. The van der Waals surface area contributed by atoms with E-state index in [9.17, 15) is 4.79 Å². The van der Waals surface area contributed by atoms with Crippen LogP contribution in [-0.2, 0) is 4.79 Å². The Morgan fingerprint density at radius 3 is 2.26 bits per heavy atom. The minimum Gasteiger partial charge on any atom is -0.481 e. The second-order valence-corrected chi connectivity index (χ2v) is 6.05. The molecule has 0 fully saturated rings. The number of carboxylic acid groups (broad SMARTS) is 1. The maximum absolute atomic E-state index is 10.5. The Bertz CT molecular complexity index is 320. The van der Waals surface area contributed by atoms with Crippen molar-refractivity contribution in [3.63, 3.8) is 0 Å². The number of hydrogen-bond acceptors (Lipinski definition) is 1. The zero-order valence-electron chi connectivity index (χ0n) is 13.2. The third kappa shape index (κ3) is 10.5. The molecule has 0 amide bonds. The number of carboxylic acids is 1. The first-order valence-electron chi connectivity index (χ1n) is 7.37. The quantitative estimate of drug-likeness (QED) is 0.582. The van der Waals surface area contributed by atoms with E-state index < -0.39 is 5.97 Å². The van der Waals surface area contributed by atoms with Gasteiger partial charge < -0.3 is 5.11 Å². The Hall–Kier alpha value is -1.05. The molecule has 0 aliphatic carbocycles. The molecule has 0 aromatic rings. The fourth-order valence-corrected chi connectivity index (χ4v) is 1.95. The van der Waals surface area contributed by atoms with Gasteiger partial charge in [0.15, 0.2) is 0 Å². The van der Waals surface area contributed by atoms with Gasteiger partial charge in [0.1, 0.15) is 0 Å². The van der Waals surface area contributed by atoms with Crippen molar-refractivity contribution >= 4 is 5.97 Å². The summed E-state index contributed by atoms with van der Waals surface area (Å²) in [5.74, 6) is 0.468. The Morgan fingerprint density at radius 2 is 1.79 bits per heavy atom. The standard InChI is InChI=1S/C17H30O2/c1-13(2)9-11-16(14(3)4)12-10-15(5)7-6-8-17(18)19/h9,12,14-15H,6-8,10-11H2,1-5H3,(H,18,19). The van der Waals surface area contributed by atoms with Crippen molar-refractivity contribution < 1.29 is 9.90 Å². The molecule has 0 spiro atoms. The molecule has 0 rings (SSSR count). The van der Waals surface area contributed by atoms with Crippen molar-refractivity contribution in [3.05, 3.63) is 23.3 Å². The second-order valence-electron chi connectivity index (χ2n) is 6.05. The lowest BCUT2D eigenvalue weighted by Gasteiger charge is -2.13. The zero-order chi connectivity index (χ0) is 14.8. The molecule has 1 unspecified atom stereocenters. The van der Waals surface area contributed by atoms with E-state index in [2.05, 4.69) is 46.8 Å². The van der Waals surface area contributed by atoms with E-state index in [0.29, 0.717) is 18.3 Å². The highest BCUT2D eigenvalue weighted by atomic mass is 16.4. The highest BCUT2D eigenvalue weighted by Gasteiger charge is 2.06. The molecule has 0 saturated carbocycles. The lowest BCUT2D eigenvalue weighted by molar-refractivity contribution is -0.137. The highest BCUT2D eigenvalue weighted by molar-refractivity contribution is 5.66. The average Bonchev–Trinajstić information content (AvgIpc) is 2.27. The van der Waals surface area contributed by atoms with Gasteiger partial charge in [-0.15, -0.1) is 0 Å². The molecule has 0 heterocycles. The molecule has 0 aromatic carbocycles. The molecule has 110 valence electrons. The van der Waals surface area contributed by atoms with Gasteiger partial charge in [-0.3, -0.25) is 4.79 Å². The first kappa shape index (κ1) is 17.9. The number of carbonyl (C=O) groups is 1. The van der Waals surface area contributed by atoms with Gasteiger partial charge in [-0.05, 0) is 51.4 Å². The third-order valence-electron chi connectivity index (χ3n) is 3.36. The summed E-state index contributed by atoms with van der Waals surface area (Å²) in [5, 5.41) is 8.62. The summed E-state index contributed by atoms with van der Waals surface area (Å²) in [6, 6.07) is 0. The third-order valence-corrected chi connectivity index (χ3v) is 3.36. The summed E-state index contributed by atoms with van der Waals surface area (Å²) in [4.78, 5) is 10.5.